The van der Waals surface area contributed by atoms with Crippen LogP contribution in [0.1, 0.15) is 32.3 Å². The number of carbonyl (C=O) groups is 1. The Balaban J connectivity index is 1.45. The SMILES string of the molecule is C=C/C(=C1/NC(N2CCC(CN)CC2)=NC(=NCc2ccccc2-c2nccc3cc(NC(=O)/C=C/CN(C)C)ccc23)N1C)C(C)C. The van der Waals surface area contributed by atoms with E-state index in [9.17, 15) is 4.79 Å². The number of aliphatic imine (C=N–C) groups is 2. The minimum Gasteiger partial charge on any atom is -0.342 e. The van der Waals surface area contributed by atoms with Crippen molar-refractivity contribution in [3.05, 3.63) is 96.5 Å². The van der Waals surface area contributed by atoms with Gasteiger partial charge in [-0.3, -0.25) is 14.7 Å². The monoisotopic (exact) mass is 647 g/mol. The molecule has 2 aromatic carbocycles. The van der Waals surface area contributed by atoms with Crippen molar-refractivity contribution in [3.8, 4) is 11.3 Å². The number of likely N-dealkylation sites (tertiary alicyclic amines) is 1. The highest BCUT2D eigenvalue weighted by Gasteiger charge is 2.28. The first kappa shape index (κ1) is 34.5. The molecule has 252 valence electrons. The molecule has 0 atom stereocenters. The normalized spacial score (nSPS) is 17.8. The third-order valence-corrected chi connectivity index (χ3v) is 8.87. The largest absolute Gasteiger partial charge is 0.342 e. The minimum atomic E-state index is -0.157. The molecule has 1 aromatic heterocycles. The fourth-order valence-corrected chi connectivity index (χ4v) is 6.10. The molecule has 0 spiro atoms. The Bertz CT molecular complexity index is 1750. The van der Waals surface area contributed by atoms with E-state index >= 15 is 0 Å². The topological polar surface area (TPSA) is 114 Å². The van der Waals surface area contributed by atoms with E-state index in [0.29, 0.717) is 25.0 Å². The molecule has 2 aliphatic rings. The number of guanidine groups is 2. The smallest absolute Gasteiger partial charge is 0.248 e. The van der Waals surface area contributed by atoms with Gasteiger partial charge in [-0.25, -0.2) is 4.99 Å². The number of nitrogens with zero attached hydrogens (tertiary/aromatic N) is 6. The average Bonchev–Trinajstić information content (AvgIpc) is 3.08. The maximum absolute atomic E-state index is 12.5. The molecule has 2 aliphatic heterocycles. The molecule has 3 aromatic rings. The van der Waals surface area contributed by atoms with E-state index in [0.717, 1.165) is 83.1 Å². The lowest BCUT2D eigenvalue weighted by molar-refractivity contribution is -0.111. The van der Waals surface area contributed by atoms with Gasteiger partial charge in [0.15, 0.2) is 0 Å². The highest BCUT2D eigenvalue weighted by atomic mass is 16.1. The second-order valence-electron chi connectivity index (χ2n) is 13.0. The van der Waals surface area contributed by atoms with Crippen LogP contribution in [0.3, 0.4) is 0 Å². The first-order chi connectivity index (χ1) is 23.2. The molecule has 1 amide bonds. The van der Waals surface area contributed by atoms with Crippen molar-refractivity contribution >= 4 is 34.3 Å². The van der Waals surface area contributed by atoms with Crippen molar-refractivity contribution in [2.24, 2.45) is 27.6 Å². The summed E-state index contributed by atoms with van der Waals surface area (Å²) in [5, 5.41) is 8.57. The summed E-state index contributed by atoms with van der Waals surface area (Å²) in [6.07, 6.45) is 9.24. The van der Waals surface area contributed by atoms with E-state index in [1.807, 2.05) is 85.7 Å². The van der Waals surface area contributed by atoms with Gasteiger partial charge in [-0.1, -0.05) is 62.9 Å². The number of hydrogen-bond donors (Lipinski definition) is 3. The molecule has 10 nitrogen and oxygen atoms in total. The predicted octanol–water partition coefficient (Wildman–Crippen LogP) is 5.43. The highest BCUT2D eigenvalue weighted by molar-refractivity contribution is 6.03. The zero-order valence-electron chi connectivity index (χ0n) is 28.9. The maximum atomic E-state index is 12.5. The van der Waals surface area contributed by atoms with Crippen LogP contribution < -0.4 is 16.4 Å². The summed E-state index contributed by atoms with van der Waals surface area (Å²) in [7, 11) is 5.93. The van der Waals surface area contributed by atoms with Crippen LogP contribution in [0.4, 0.5) is 5.69 Å². The molecule has 4 N–H and O–H groups in total. The Hall–Kier alpha value is -4.80. The maximum Gasteiger partial charge on any atom is 0.248 e. The number of nitrogens with two attached hydrogens (primary N) is 1. The van der Waals surface area contributed by atoms with Crippen LogP contribution >= 0.6 is 0 Å². The van der Waals surface area contributed by atoms with E-state index in [2.05, 4.69) is 48.1 Å². The average molecular weight is 648 g/mol. The molecule has 0 bridgehead atoms. The Kier molecular flexibility index (Phi) is 11.4. The number of rotatable bonds is 10. The van der Waals surface area contributed by atoms with Crippen LogP contribution in [0.2, 0.25) is 0 Å². The zero-order chi connectivity index (χ0) is 34.2. The van der Waals surface area contributed by atoms with Gasteiger partial charge in [-0.05, 0) is 80.0 Å². The van der Waals surface area contributed by atoms with E-state index in [4.69, 9.17) is 20.7 Å². The molecule has 0 aliphatic carbocycles. The molecule has 3 heterocycles. The molecule has 5 rings (SSSR count). The van der Waals surface area contributed by atoms with Gasteiger partial charge in [-0.2, -0.15) is 4.99 Å². The van der Waals surface area contributed by atoms with Crippen molar-refractivity contribution in [2.45, 2.75) is 33.2 Å². The summed E-state index contributed by atoms with van der Waals surface area (Å²) < 4.78 is 0. The predicted molar refractivity (Wildman–Crippen MR) is 198 cm³/mol. The molecule has 10 heteroatoms. The summed E-state index contributed by atoms with van der Waals surface area (Å²) in [5.41, 5.74) is 10.7. The van der Waals surface area contributed by atoms with Crippen molar-refractivity contribution in [3.63, 3.8) is 0 Å². The highest BCUT2D eigenvalue weighted by Crippen LogP contribution is 2.31. The lowest BCUT2D eigenvalue weighted by Gasteiger charge is -2.38. The Labute approximate surface area is 284 Å². The van der Waals surface area contributed by atoms with Crippen LogP contribution in [-0.4, -0.2) is 84.8 Å². The summed E-state index contributed by atoms with van der Waals surface area (Å²) in [4.78, 5) is 33.7. The van der Waals surface area contributed by atoms with Crippen molar-refractivity contribution in [1.29, 1.82) is 0 Å². The molecular weight excluding hydrogens is 598 g/mol. The number of allylic oxidation sites excluding steroid dienone is 2. The third kappa shape index (κ3) is 8.18. The second-order valence-corrected chi connectivity index (χ2v) is 13.0. The summed E-state index contributed by atoms with van der Waals surface area (Å²) in [6.45, 7) is 12.1. The molecule has 0 radical (unpaired) electrons. The van der Waals surface area contributed by atoms with E-state index in [1.54, 1.807) is 6.08 Å². The number of piperidine rings is 1. The van der Waals surface area contributed by atoms with Gasteiger partial charge in [0.2, 0.25) is 17.8 Å². The Morgan fingerprint density at radius 3 is 2.67 bits per heavy atom. The molecule has 48 heavy (non-hydrogen) atoms. The third-order valence-electron chi connectivity index (χ3n) is 8.87. The van der Waals surface area contributed by atoms with Crippen LogP contribution in [0.25, 0.3) is 22.0 Å². The van der Waals surface area contributed by atoms with Gasteiger partial charge >= 0.3 is 0 Å². The number of hydrogen-bond acceptors (Lipinski definition) is 7. The van der Waals surface area contributed by atoms with Gasteiger partial charge in [-0.15, -0.1) is 0 Å². The second kappa shape index (κ2) is 15.9. The number of fused-ring (bicyclic) bond motifs is 1. The molecular formula is C38H49N9O. The van der Waals surface area contributed by atoms with Gasteiger partial charge in [0.25, 0.3) is 0 Å². The van der Waals surface area contributed by atoms with Crippen LogP contribution in [0, 0.1) is 11.8 Å². The molecule has 1 fully saturated rings. The fraction of sp³-hybridized carbons (Fsp3) is 0.368. The molecule has 0 unspecified atom stereocenters. The number of amides is 1. The number of benzene rings is 2. The van der Waals surface area contributed by atoms with E-state index in [-0.39, 0.29) is 11.8 Å². The van der Waals surface area contributed by atoms with Crippen LogP contribution in [-0.2, 0) is 11.3 Å². The number of likely N-dealkylation sites (N-methyl/N-ethyl adjacent to an activating group) is 1. The zero-order valence-corrected chi connectivity index (χ0v) is 28.9. The number of carbonyl (C=O) groups excluding carboxylic acids is 1. The van der Waals surface area contributed by atoms with E-state index < -0.39 is 0 Å². The lowest BCUT2D eigenvalue weighted by Crippen LogP contribution is -2.52. The minimum absolute atomic E-state index is 0.157. The standard InChI is InChI=1S/C38H49N9O/c1-7-31(26(2)3)36-43-38(47-21-17-27(24-39)18-22-47)44-37(46(36)6)41-25-29-11-8-9-12-32(29)35-33-15-14-30(23-28(33)16-19-40-35)42-34(48)13-10-20-45(4)5/h7-16,19,23,26-27H,1,17-18,20-22,24-25,39H2,2-6H3,(H,42,48)(H,41,43,44)/b13-10+,36-31+. The first-order valence-corrected chi connectivity index (χ1v) is 16.7. The fourth-order valence-electron chi connectivity index (χ4n) is 6.10. The Morgan fingerprint density at radius 1 is 1.19 bits per heavy atom. The van der Waals surface area contributed by atoms with Gasteiger partial charge in [0.1, 0.15) is 5.82 Å². The van der Waals surface area contributed by atoms with Crippen LogP contribution in [0.15, 0.2) is 101 Å². The van der Waals surface area contributed by atoms with Gasteiger partial charge in [0, 0.05) is 55.6 Å². The summed E-state index contributed by atoms with van der Waals surface area (Å²) >= 11 is 0. The molecule has 1 saturated heterocycles. The van der Waals surface area contributed by atoms with Crippen molar-refractivity contribution in [2.75, 3.05) is 52.6 Å². The summed E-state index contributed by atoms with van der Waals surface area (Å²) in [5.74, 6) is 3.07. The first-order valence-electron chi connectivity index (χ1n) is 16.7. The number of aromatic nitrogens is 1. The van der Waals surface area contributed by atoms with Gasteiger partial charge < -0.3 is 26.2 Å². The number of anilines is 1. The quantitative estimate of drug-likeness (QED) is 0.252. The van der Waals surface area contributed by atoms with Crippen molar-refractivity contribution < 1.29 is 4.79 Å². The molecule has 0 saturated carbocycles. The Morgan fingerprint density at radius 2 is 1.96 bits per heavy atom. The number of nitrogens with one attached hydrogen (secondary N) is 2. The van der Waals surface area contributed by atoms with Gasteiger partial charge in [0.05, 0.1) is 12.2 Å². The number of pyridine rings is 1. The van der Waals surface area contributed by atoms with Crippen molar-refractivity contribution in [1.82, 2.24) is 25.0 Å². The summed E-state index contributed by atoms with van der Waals surface area (Å²) in [6, 6.07) is 16.1. The van der Waals surface area contributed by atoms with Crippen LogP contribution in [0.5, 0.6) is 0 Å². The van der Waals surface area contributed by atoms with E-state index in [1.165, 1.54) is 0 Å². The lowest BCUT2D eigenvalue weighted by atomic mass is 9.97.